The first-order chi connectivity index (χ1) is 21.5. The second-order valence-electron chi connectivity index (χ2n) is 15.6. The van der Waals surface area contributed by atoms with E-state index in [1.54, 1.807) is 4.90 Å². The van der Waals surface area contributed by atoms with Crippen molar-refractivity contribution in [2.45, 2.75) is 110 Å². The second-order valence-corrected chi connectivity index (χ2v) is 15.6. The van der Waals surface area contributed by atoms with Crippen LogP contribution in [0.2, 0.25) is 0 Å². The number of aromatic nitrogens is 2. The molecule has 0 spiro atoms. The van der Waals surface area contributed by atoms with Crippen LogP contribution < -0.4 is 21.3 Å². The number of rotatable bonds is 8. The van der Waals surface area contributed by atoms with Crippen LogP contribution in [0, 0.1) is 28.6 Å². The Labute approximate surface area is 269 Å². The summed E-state index contributed by atoms with van der Waals surface area (Å²) in [6.45, 7) is 11.3. The number of hydrogen-bond acceptors (Lipinski definition) is 8. The molecule has 2 bridgehead atoms. The summed E-state index contributed by atoms with van der Waals surface area (Å²) >= 11 is 0. The highest BCUT2D eigenvalue weighted by Crippen LogP contribution is 2.48. The fraction of sp³-hybridized carbons (Fsp3) is 0.697. The van der Waals surface area contributed by atoms with Gasteiger partial charge in [-0.2, -0.15) is 0 Å². The number of fused-ring (bicyclic) bond motifs is 1. The third-order valence-corrected chi connectivity index (χ3v) is 9.80. The van der Waals surface area contributed by atoms with Crippen molar-refractivity contribution < 1.29 is 28.8 Å². The van der Waals surface area contributed by atoms with Crippen LogP contribution >= 0.6 is 0 Å². The smallest absolute Gasteiger partial charge is 0.289 e. The number of amides is 5. The number of carbonyl (C=O) groups excluding carboxylic acids is 6. The highest BCUT2D eigenvalue weighted by Gasteiger charge is 2.55. The highest BCUT2D eigenvalue weighted by atomic mass is 16.2. The van der Waals surface area contributed by atoms with Crippen LogP contribution in [0.5, 0.6) is 0 Å². The number of ketones is 1. The Morgan fingerprint density at radius 3 is 2.22 bits per heavy atom. The third kappa shape index (κ3) is 7.23. The normalized spacial score (nSPS) is 27.3. The van der Waals surface area contributed by atoms with Gasteiger partial charge in [-0.25, -0.2) is 4.98 Å². The van der Waals surface area contributed by atoms with Crippen LogP contribution in [0.4, 0.5) is 0 Å². The van der Waals surface area contributed by atoms with Gasteiger partial charge < -0.3 is 26.2 Å². The van der Waals surface area contributed by atoms with Gasteiger partial charge in [0, 0.05) is 25.0 Å². The standard InChI is InChI=1S/C33H47N7O6/c1-32(2,3)25(38-27(42)22-15-34-11-12-35-22)30(45)39-26(33(4,5)6)31(46)40-16-18-13-17-7-10-21(24(41)29(44)36-19-8-9-19)37-28(43)23(40)20(18)14-17/h11-12,15,17-21,23,25-26H,7-10,13-14,16H2,1-6H3,(H,36,44)(H,37,43)(H,38,42)(H,39,45)/t17?,18-,20-,21-,23-,25+,26+/m0/s1. The van der Waals surface area contributed by atoms with Crippen LogP contribution in [-0.4, -0.2) is 86.9 Å². The summed E-state index contributed by atoms with van der Waals surface area (Å²) in [5.74, 6) is -2.92. The molecule has 1 aromatic heterocycles. The van der Waals surface area contributed by atoms with E-state index in [9.17, 15) is 28.8 Å². The quantitative estimate of drug-likeness (QED) is 0.306. The molecule has 13 heteroatoms. The highest BCUT2D eigenvalue weighted by molar-refractivity contribution is 6.38. The van der Waals surface area contributed by atoms with Crippen LogP contribution in [-0.2, 0) is 24.0 Å². The van der Waals surface area contributed by atoms with Crippen LogP contribution in [0.15, 0.2) is 18.6 Å². The predicted molar refractivity (Wildman–Crippen MR) is 167 cm³/mol. The van der Waals surface area contributed by atoms with E-state index < -0.39 is 70.3 Å². The Bertz CT molecular complexity index is 1380. The Morgan fingerprint density at radius 2 is 1.61 bits per heavy atom. The number of nitrogens with one attached hydrogen (secondary N) is 4. The molecule has 2 aliphatic carbocycles. The van der Waals surface area contributed by atoms with Gasteiger partial charge in [-0.1, -0.05) is 41.5 Å². The van der Waals surface area contributed by atoms with Crippen molar-refractivity contribution in [1.82, 2.24) is 36.1 Å². The number of Topliss-reactive ketones (excluding diaryl/α,β-unsaturated/α-hetero) is 1. The van der Waals surface area contributed by atoms with E-state index in [-0.39, 0.29) is 23.6 Å². The first-order valence-electron chi connectivity index (χ1n) is 16.4. The molecule has 3 heterocycles. The molecule has 5 amide bonds. The van der Waals surface area contributed by atoms with Gasteiger partial charge in [0.15, 0.2) is 0 Å². The van der Waals surface area contributed by atoms with Gasteiger partial charge in [-0.3, -0.25) is 33.8 Å². The van der Waals surface area contributed by atoms with Crippen molar-refractivity contribution in [3.8, 4) is 0 Å². The summed E-state index contributed by atoms with van der Waals surface area (Å²) in [6, 6.07) is -3.79. The molecule has 13 nitrogen and oxygen atoms in total. The summed E-state index contributed by atoms with van der Waals surface area (Å²) in [4.78, 5) is 90.4. The van der Waals surface area contributed by atoms with E-state index in [1.807, 2.05) is 41.5 Å². The van der Waals surface area contributed by atoms with Gasteiger partial charge in [0.25, 0.3) is 11.8 Å². The van der Waals surface area contributed by atoms with Gasteiger partial charge in [0.2, 0.25) is 23.5 Å². The first-order valence-corrected chi connectivity index (χ1v) is 16.4. The molecule has 1 aromatic rings. The van der Waals surface area contributed by atoms with Gasteiger partial charge in [-0.05, 0) is 67.1 Å². The number of likely N-dealkylation sites (tertiary alicyclic amines) is 1. The number of nitrogens with zero attached hydrogens (tertiary/aromatic N) is 3. The molecule has 2 saturated heterocycles. The van der Waals surface area contributed by atoms with Gasteiger partial charge in [0.1, 0.15) is 23.8 Å². The molecule has 7 atom stereocenters. The Kier molecular flexibility index (Phi) is 9.25. The Morgan fingerprint density at radius 1 is 0.913 bits per heavy atom. The van der Waals surface area contributed by atoms with Crippen molar-refractivity contribution in [2.75, 3.05) is 6.54 Å². The lowest BCUT2D eigenvalue weighted by Gasteiger charge is -2.38. The van der Waals surface area contributed by atoms with Crippen LogP contribution in [0.3, 0.4) is 0 Å². The molecule has 2 saturated carbocycles. The molecule has 5 rings (SSSR count). The van der Waals surface area contributed by atoms with Gasteiger partial charge >= 0.3 is 0 Å². The summed E-state index contributed by atoms with van der Waals surface area (Å²) in [6.07, 6.45) is 8.51. The number of hydrogen-bond donors (Lipinski definition) is 4. The molecule has 2 aliphatic heterocycles. The van der Waals surface area contributed by atoms with Crippen LogP contribution in [0.1, 0.15) is 90.6 Å². The average Bonchev–Trinajstić information content (AvgIpc) is 3.59. The zero-order valence-electron chi connectivity index (χ0n) is 27.6. The summed E-state index contributed by atoms with van der Waals surface area (Å²) < 4.78 is 0. The average molecular weight is 638 g/mol. The van der Waals surface area contributed by atoms with Crippen molar-refractivity contribution in [3.05, 3.63) is 24.3 Å². The molecular formula is C33H47N7O6. The SMILES string of the molecule is CC(C)(C)[C@H](NC(=O)c1cnccn1)C(=O)N[C@H](C(=O)N1C[C@@H]2CC3CC[C@@H](C(=O)C(=O)NC4CC4)NC(=O)[C@@H]1[C@H]2C3)C(C)(C)C. The van der Waals surface area contributed by atoms with E-state index in [0.29, 0.717) is 18.9 Å². The van der Waals surface area contributed by atoms with Gasteiger partial charge in [0.05, 0.1) is 12.2 Å². The maximum atomic E-state index is 14.4. The largest absolute Gasteiger partial charge is 0.347 e. The number of carbonyl (C=O) groups is 6. The molecule has 1 unspecified atom stereocenters. The third-order valence-electron chi connectivity index (χ3n) is 9.80. The molecule has 4 N–H and O–H groups in total. The van der Waals surface area contributed by atoms with E-state index in [2.05, 4.69) is 31.2 Å². The zero-order valence-corrected chi connectivity index (χ0v) is 27.6. The van der Waals surface area contributed by atoms with E-state index >= 15 is 0 Å². The van der Waals surface area contributed by atoms with Crippen molar-refractivity contribution >= 4 is 35.3 Å². The topological polar surface area (TPSA) is 180 Å². The first kappa shape index (κ1) is 33.5. The Hall–Kier alpha value is -3.90. The van der Waals surface area contributed by atoms with E-state index in [1.165, 1.54) is 18.6 Å². The maximum absolute atomic E-state index is 14.4. The summed E-state index contributed by atoms with van der Waals surface area (Å²) in [7, 11) is 0. The summed E-state index contributed by atoms with van der Waals surface area (Å²) in [5, 5.41) is 11.2. The lowest BCUT2D eigenvalue weighted by Crippen LogP contribution is -2.63. The molecule has 250 valence electrons. The minimum absolute atomic E-state index is 0.0194. The lowest BCUT2D eigenvalue weighted by molar-refractivity contribution is -0.146. The zero-order chi connectivity index (χ0) is 33.6. The second kappa shape index (κ2) is 12.7. The monoisotopic (exact) mass is 637 g/mol. The fourth-order valence-electron chi connectivity index (χ4n) is 7.18. The molecule has 0 aromatic carbocycles. The lowest BCUT2D eigenvalue weighted by atomic mass is 9.82. The van der Waals surface area contributed by atoms with Crippen molar-refractivity contribution in [1.29, 1.82) is 0 Å². The molecule has 0 radical (unpaired) electrons. The molecular weight excluding hydrogens is 590 g/mol. The molecule has 46 heavy (non-hydrogen) atoms. The van der Waals surface area contributed by atoms with Crippen molar-refractivity contribution in [3.63, 3.8) is 0 Å². The minimum Gasteiger partial charge on any atom is -0.347 e. The predicted octanol–water partition coefficient (Wildman–Crippen LogP) is 1.13. The summed E-state index contributed by atoms with van der Waals surface area (Å²) in [5.41, 5.74) is -1.42. The maximum Gasteiger partial charge on any atom is 0.289 e. The molecule has 4 aliphatic rings. The van der Waals surface area contributed by atoms with E-state index in [0.717, 1.165) is 32.1 Å². The fourth-order valence-corrected chi connectivity index (χ4v) is 7.18. The van der Waals surface area contributed by atoms with Gasteiger partial charge in [-0.15, -0.1) is 0 Å². The van der Waals surface area contributed by atoms with Crippen molar-refractivity contribution in [2.24, 2.45) is 28.6 Å². The van der Waals surface area contributed by atoms with Crippen LogP contribution in [0.25, 0.3) is 0 Å². The van der Waals surface area contributed by atoms with E-state index in [4.69, 9.17) is 0 Å². The minimum atomic E-state index is -1.02. The Balaban J connectivity index is 1.36. The molecule has 4 fully saturated rings.